The number of rotatable bonds is 7. The number of nitro benzene ring substituents is 1. The zero-order chi connectivity index (χ0) is 12.7. The lowest BCUT2D eigenvalue weighted by molar-refractivity contribution is -0.384. The summed E-state index contributed by atoms with van der Waals surface area (Å²) >= 11 is 0. The van der Waals surface area contributed by atoms with Gasteiger partial charge in [0.1, 0.15) is 0 Å². The number of nitrogens with one attached hydrogen (secondary N) is 1. The first-order valence-electron chi connectivity index (χ1n) is 5.84. The van der Waals surface area contributed by atoms with Crippen molar-refractivity contribution in [2.24, 2.45) is 5.73 Å². The van der Waals surface area contributed by atoms with Crippen LogP contribution in [0.4, 0.5) is 5.69 Å². The summed E-state index contributed by atoms with van der Waals surface area (Å²) in [6.45, 7) is 3.53. The predicted octanol–water partition coefficient (Wildman–Crippen LogP) is 1.46. The third kappa shape index (κ3) is 4.50. The Kier molecular flexibility index (Phi) is 5.59. The fourth-order valence-corrected chi connectivity index (χ4v) is 1.69. The van der Waals surface area contributed by atoms with Crippen molar-refractivity contribution in [3.8, 4) is 0 Å². The van der Waals surface area contributed by atoms with Crippen LogP contribution in [-0.2, 0) is 6.42 Å². The van der Waals surface area contributed by atoms with Crippen LogP contribution in [0.5, 0.6) is 0 Å². The molecule has 3 N–H and O–H groups in total. The summed E-state index contributed by atoms with van der Waals surface area (Å²) in [5, 5.41) is 13.9. The number of hydrogen-bond donors (Lipinski definition) is 2. The van der Waals surface area contributed by atoms with Gasteiger partial charge in [-0.15, -0.1) is 0 Å². The van der Waals surface area contributed by atoms with E-state index in [0.717, 1.165) is 24.9 Å². The summed E-state index contributed by atoms with van der Waals surface area (Å²) in [6.07, 6.45) is 1.88. The zero-order valence-electron chi connectivity index (χ0n) is 10.1. The fraction of sp³-hybridized carbons (Fsp3) is 0.500. The maximum absolute atomic E-state index is 10.5. The molecular formula is C12H19N3O2. The third-order valence-corrected chi connectivity index (χ3v) is 2.70. The molecule has 1 aromatic carbocycles. The topological polar surface area (TPSA) is 81.2 Å². The normalized spacial score (nSPS) is 12.4. The van der Waals surface area contributed by atoms with Gasteiger partial charge in [-0.1, -0.05) is 19.1 Å². The summed E-state index contributed by atoms with van der Waals surface area (Å²) in [5.41, 5.74) is 6.68. The van der Waals surface area contributed by atoms with Crippen molar-refractivity contribution < 1.29 is 4.92 Å². The summed E-state index contributed by atoms with van der Waals surface area (Å²) < 4.78 is 0. The Labute approximate surface area is 101 Å². The summed E-state index contributed by atoms with van der Waals surface area (Å²) in [4.78, 5) is 10.1. The molecule has 0 aliphatic carbocycles. The molecule has 0 saturated heterocycles. The molecule has 1 rings (SSSR count). The first-order valence-corrected chi connectivity index (χ1v) is 5.84. The van der Waals surface area contributed by atoms with E-state index in [9.17, 15) is 10.1 Å². The number of benzene rings is 1. The Hall–Kier alpha value is -1.46. The second-order valence-corrected chi connectivity index (χ2v) is 3.98. The molecule has 0 radical (unpaired) electrons. The van der Waals surface area contributed by atoms with Crippen molar-refractivity contribution >= 4 is 5.69 Å². The van der Waals surface area contributed by atoms with Gasteiger partial charge in [0, 0.05) is 31.3 Å². The second kappa shape index (κ2) is 6.98. The SMILES string of the molecule is CCC(Cc1ccc([N+](=O)[O-])cc1)NCCN. The highest BCUT2D eigenvalue weighted by atomic mass is 16.6. The third-order valence-electron chi connectivity index (χ3n) is 2.70. The fourth-order valence-electron chi connectivity index (χ4n) is 1.69. The highest BCUT2D eigenvalue weighted by molar-refractivity contribution is 5.33. The lowest BCUT2D eigenvalue weighted by Crippen LogP contribution is -2.34. The van der Waals surface area contributed by atoms with Crippen LogP contribution in [0, 0.1) is 10.1 Å². The van der Waals surface area contributed by atoms with Crippen LogP contribution in [0.25, 0.3) is 0 Å². The van der Waals surface area contributed by atoms with Crippen molar-refractivity contribution in [2.45, 2.75) is 25.8 Å². The van der Waals surface area contributed by atoms with Gasteiger partial charge >= 0.3 is 0 Å². The van der Waals surface area contributed by atoms with Gasteiger partial charge in [0.05, 0.1) is 4.92 Å². The van der Waals surface area contributed by atoms with Gasteiger partial charge in [-0.25, -0.2) is 0 Å². The van der Waals surface area contributed by atoms with Crippen LogP contribution in [0.15, 0.2) is 24.3 Å². The maximum atomic E-state index is 10.5. The van der Waals surface area contributed by atoms with Gasteiger partial charge in [-0.2, -0.15) is 0 Å². The summed E-state index contributed by atoms with van der Waals surface area (Å²) in [7, 11) is 0. The average molecular weight is 237 g/mol. The molecule has 1 unspecified atom stereocenters. The Morgan fingerprint density at radius 2 is 2.06 bits per heavy atom. The molecule has 0 bridgehead atoms. The van der Waals surface area contributed by atoms with E-state index in [1.165, 1.54) is 0 Å². The number of nitro groups is 1. The largest absolute Gasteiger partial charge is 0.329 e. The van der Waals surface area contributed by atoms with Gasteiger partial charge in [0.2, 0.25) is 0 Å². The van der Waals surface area contributed by atoms with E-state index >= 15 is 0 Å². The number of nitrogens with two attached hydrogens (primary N) is 1. The van der Waals surface area contributed by atoms with Crippen LogP contribution in [0.3, 0.4) is 0 Å². The average Bonchev–Trinajstić information content (AvgIpc) is 2.35. The maximum Gasteiger partial charge on any atom is 0.269 e. The van der Waals surface area contributed by atoms with Gasteiger partial charge in [-0.05, 0) is 18.4 Å². The summed E-state index contributed by atoms with van der Waals surface area (Å²) in [6, 6.07) is 7.09. The van der Waals surface area contributed by atoms with Crippen molar-refractivity contribution in [3.05, 3.63) is 39.9 Å². The Morgan fingerprint density at radius 3 is 2.53 bits per heavy atom. The highest BCUT2D eigenvalue weighted by Crippen LogP contribution is 2.13. The lowest BCUT2D eigenvalue weighted by Gasteiger charge is -2.16. The van der Waals surface area contributed by atoms with Crippen molar-refractivity contribution in [1.29, 1.82) is 0 Å². The molecule has 17 heavy (non-hydrogen) atoms. The molecule has 0 fully saturated rings. The molecule has 0 amide bonds. The van der Waals surface area contributed by atoms with E-state index in [1.54, 1.807) is 12.1 Å². The molecule has 5 heteroatoms. The van der Waals surface area contributed by atoms with Crippen LogP contribution in [-0.4, -0.2) is 24.1 Å². The molecule has 0 heterocycles. The van der Waals surface area contributed by atoms with E-state index in [2.05, 4.69) is 12.2 Å². The number of hydrogen-bond acceptors (Lipinski definition) is 4. The van der Waals surface area contributed by atoms with Gasteiger partial charge in [0.25, 0.3) is 5.69 Å². The molecule has 1 atom stereocenters. The quantitative estimate of drug-likeness (QED) is 0.555. The Balaban J connectivity index is 2.57. The Morgan fingerprint density at radius 1 is 1.41 bits per heavy atom. The minimum atomic E-state index is -0.381. The molecule has 0 aliphatic heterocycles. The predicted molar refractivity (Wildman–Crippen MR) is 67.9 cm³/mol. The van der Waals surface area contributed by atoms with Crippen LogP contribution >= 0.6 is 0 Å². The molecule has 0 saturated carbocycles. The standard InChI is InChI=1S/C12H19N3O2/c1-2-11(14-8-7-13)9-10-3-5-12(6-4-10)15(16)17/h3-6,11,14H,2,7-9,13H2,1H3. The van der Waals surface area contributed by atoms with E-state index in [4.69, 9.17) is 5.73 Å². The van der Waals surface area contributed by atoms with Gasteiger partial charge < -0.3 is 11.1 Å². The molecule has 0 spiro atoms. The van der Waals surface area contributed by atoms with Crippen molar-refractivity contribution in [1.82, 2.24) is 5.32 Å². The van der Waals surface area contributed by atoms with Crippen LogP contribution in [0.2, 0.25) is 0 Å². The van der Waals surface area contributed by atoms with Crippen LogP contribution < -0.4 is 11.1 Å². The van der Waals surface area contributed by atoms with Gasteiger partial charge in [-0.3, -0.25) is 10.1 Å². The summed E-state index contributed by atoms with van der Waals surface area (Å²) in [5.74, 6) is 0. The molecule has 1 aromatic rings. The minimum absolute atomic E-state index is 0.136. The van der Waals surface area contributed by atoms with E-state index < -0.39 is 0 Å². The van der Waals surface area contributed by atoms with Crippen molar-refractivity contribution in [2.75, 3.05) is 13.1 Å². The lowest BCUT2D eigenvalue weighted by atomic mass is 10.0. The zero-order valence-corrected chi connectivity index (χ0v) is 10.1. The molecule has 5 nitrogen and oxygen atoms in total. The molecule has 0 aliphatic rings. The van der Waals surface area contributed by atoms with Gasteiger partial charge in [0.15, 0.2) is 0 Å². The van der Waals surface area contributed by atoms with E-state index in [1.807, 2.05) is 12.1 Å². The highest BCUT2D eigenvalue weighted by Gasteiger charge is 2.08. The van der Waals surface area contributed by atoms with E-state index in [0.29, 0.717) is 12.6 Å². The van der Waals surface area contributed by atoms with E-state index in [-0.39, 0.29) is 10.6 Å². The Bertz CT molecular complexity index is 351. The minimum Gasteiger partial charge on any atom is -0.329 e. The monoisotopic (exact) mass is 237 g/mol. The number of nitrogens with zero attached hydrogens (tertiary/aromatic N) is 1. The molecule has 94 valence electrons. The smallest absolute Gasteiger partial charge is 0.269 e. The van der Waals surface area contributed by atoms with Crippen molar-refractivity contribution in [3.63, 3.8) is 0 Å². The second-order valence-electron chi connectivity index (χ2n) is 3.98. The molecular weight excluding hydrogens is 218 g/mol. The first kappa shape index (κ1) is 13.6. The number of non-ortho nitro benzene ring substituents is 1. The van der Waals surface area contributed by atoms with Crippen LogP contribution in [0.1, 0.15) is 18.9 Å². The molecule has 0 aromatic heterocycles. The first-order chi connectivity index (χ1) is 8.17.